The number of hydrogen-bond acceptors (Lipinski definition) is 5. The molecule has 238 valence electrons. The van der Waals surface area contributed by atoms with Gasteiger partial charge in [-0.3, -0.25) is 9.59 Å². The van der Waals surface area contributed by atoms with Gasteiger partial charge < -0.3 is 24.3 Å². The summed E-state index contributed by atoms with van der Waals surface area (Å²) in [5.41, 5.74) is -0.945. The van der Waals surface area contributed by atoms with Gasteiger partial charge in [0.05, 0.1) is 34.4 Å². The van der Waals surface area contributed by atoms with E-state index in [4.69, 9.17) is 4.74 Å². The van der Waals surface area contributed by atoms with Gasteiger partial charge in [-0.2, -0.15) is 13.2 Å². The molecule has 1 saturated heterocycles. The number of imidazole rings is 1. The highest BCUT2D eigenvalue weighted by Crippen LogP contribution is 2.41. The van der Waals surface area contributed by atoms with Crippen LogP contribution in [0.25, 0.3) is 27.7 Å². The van der Waals surface area contributed by atoms with Crippen molar-refractivity contribution in [2.24, 2.45) is 7.05 Å². The first-order chi connectivity index (χ1) is 21.9. The molecule has 1 fully saturated rings. The van der Waals surface area contributed by atoms with E-state index in [0.717, 1.165) is 30.7 Å². The number of ketones is 1. The predicted octanol–water partition coefficient (Wildman–Crippen LogP) is 6.20. The number of benzene rings is 2. The molecule has 8 nitrogen and oxygen atoms in total. The van der Waals surface area contributed by atoms with Crippen LogP contribution in [0.2, 0.25) is 0 Å². The van der Waals surface area contributed by atoms with E-state index in [1.807, 2.05) is 0 Å². The molecule has 1 aliphatic heterocycles. The summed E-state index contributed by atoms with van der Waals surface area (Å²) in [5, 5.41) is 5.32. The number of aromatic nitrogens is 3. The number of rotatable bonds is 8. The second kappa shape index (κ2) is 12.1. The molecule has 4 heterocycles. The minimum absolute atomic E-state index is 0.0288. The van der Waals surface area contributed by atoms with Gasteiger partial charge in [0.25, 0.3) is 0 Å². The van der Waals surface area contributed by atoms with Crippen molar-refractivity contribution in [1.29, 1.82) is 0 Å². The average Bonchev–Trinajstić information content (AvgIpc) is 3.75. The van der Waals surface area contributed by atoms with Crippen LogP contribution < -0.4 is 10.6 Å². The first-order valence-electron chi connectivity index (χ1n) is 14.4. The molecule has 0 spiro atoms. The third-order valence-electron chi connectivity index (χ3n) is 8.04. The zero-order valence-electron chi connectivity index (χ0n) is 24.7. The highest BCUT2D eigenvalue weighted by atomic mass is 19.4. The smallest absolute Gasteiger partial charge is 0.380 e. The van der Waals surface area contributed by atoms with Crippen molar-refractivity contribution >= 4 is 33.9 Å². The molecule has 1 atom stereocenters. The fraction of sp³-hybridized carbons (Fsp3) is 0.242. The Hall–Kier alpha value is -4.88. The summed E-state index contributed by atoms with van der Waals surface area (Å²) in [6.07, 6.45) is 0.291. The van der Waals surface area contributed by atoms with Gasteiger partial charge in [0.2, 0.25) is 11.7 Å². The first-order valence-corrected chi connectivity index (χ1v) is 14.4. The van der Waals surface area contributed by atoms with Gasteiger partial charge in [-0.1, -0.05) is 12.1 Å². The van der Waals surface area contributed by atoms with E-state index in [2.05, 4.69) is 15.6 Å². The van der Waals surface area contributed by atoms with E-state index >= 15 is 8.78 Å². The van der Waals surface area contributed by atoms with E-state index in [9.17, 15) is 22.8 Å². The average molecular weight is 638 g/mol. The van der Waals surface area contributed by atoms with Crippen molar-refractivity contribution in [3.63, 3.8) is 0 Å². The lowest BCUT2D eigenvalue weighted by molar-refractivity contribution is -0.137. The molecule has 0 saturated carbocycles. The van der Waals surface area contributed by atoms with Crippen molar-refractivity contribution in [2.75, 3.05) is 25.1 Å². The highest BCUT2D eigenvalue weighted by Gasteiger charge is 2.35. The van der Waals surface area contributed by atoms with E-state index in [1.165, 1.54) is 47.0 Å². The van der Waals surface area contributed by atoms with E-state index in [0.29, 0.717) is 36.6 Å². The number of hydrogen-bond donors (Lipinski definition) is 2. The summed E-state index contributed by atoms with van der Waals surface area (Å²) in [6.45, 7) is 3.28. The molecule has 6 rings (SSSR count). The Balaban J connectivity index is 1.28. The molecule has 0 unspecified atom stereocenters. The van der Waals surface area contributed by atoms with Crippen LogP contribution in [0.3, 0.4) is 0 Å². The third-order valence-corrected chi connectivity index (χ3v) is 8.04. The largest absolute Gasteiger partial charge is 0.417 e. The maximum atomic E-state index is 15.0. The van der Waals surface area contributed by atoms with E-state index in [-0.39, 0.29) is 33.9 Å². The number of aryl methyl sites for hydroxylation is 2. The summed E-state index contributed by atoms with van der Waals surface area (Å²) in [4.78, 5) is 30.1. The number of halogens is 5. The van der Waals surface area contributed by atoms with Gasteiger partial charge in [-0.15, -0.1) is 0 Å². The van der Waals surface area contributed by atoms with E-state index in [1.54, 1.807) is 18.5 Å². The molecule has 0 aliphatic carbocycles. The number of carbonyl (C=O) groups is 2. The van der Waals surface area contributed by atoms with Gasteiger partial charge >= 0.3 is 6.18 Å². The Morgan fingerprint density at radius 3 is 2.52 bits per heavy atom. The lowest BCUT2D eigenvalue weighted by Gasteiger charge is -2.15. The first kappa shape index (κ1) is 31.1. The summed E-state index contributed by atoms with van der Waals surface area (Å²) in [6, 6.07) is 10.0. The SMILES string of the molecule is Cc1nc2cc(-c3cccn4c(C(=O)c5cc(F)c(NC(=O)/C=C/CN[C@@H]6CCOC6)c(F)c5)ccc34)c(C(F)(F)F)cc2n1C. The molecule has 0 radical (unpaired) electrons. The van der Waals surface area contributed by atoms with Crippen molar-refractivity contribution in [3.8, 4) is 11.1 Å². The number of anilines is 1. The molecule has 5 aromatic rings. The summed E-state index contributed by atoms with van der Waals surface area (Å²) in [7, 11) is 1.63. The Kier molecular flexibility index (Phi) is 8.21. The van der Waals surface area contributed by atoms with Crippen molar-refractivity contribution < 1.29 is 36.3 Å². The topological polar surface area (TPSA) is 89.7 Å². The number of pyridine rings is 1. The van der Waals surface area contributed by atoms with Crippen LogP contribution in [-0.2, 0) is 22.8 Å². The van der Waals surface area contributed by atoms with Crippen LogP contribution in [0, 0.1) is 18.6 Å². The zero-order chi connectivity index (χ0) is 32.7. The Morgan fingerprint density at radius 2 is 1.83 bits per heavy atom. The fourth-order valence-corrected chi connectivity index (χ4v) is 5.60. The molecule has 13 heteroatoms. The van der Waals surface area contributed by atoms with Crippen LogP contribution >= 0.6 is 0 Å². The lowest BCUT2D eigenvalue weighted by atomic mass is 9.98. The Morgan fingerprint density at radius 1 is 1.07 bits per heavy atom. The zero-order valence-corrected chi connectivity index (χ0v) is 24.7. The number of fused-ring (bicyclic) bond motifs is 2. The maximum absolute atomic E-state index is 15.0. The maximum Gasteiger partial charge on any atom is 0.417 e. The molecular weight excluding hydrogens is 609 g/mol. The monoisotopic (exact) mass is 637 g/mol. The Labute approximate surface area is 259 Å². The fourth-order valence-electron chi connectivity index (χ4n) is 5.60. The molecule has 2 N–H and O–H groups in total. The highest BCUT2D eigenvalue weighted by molar-refractivity contribution is 6.09. The van der Waals surface area contributed by atoms with Gasteiger partial charge in [-0.05, 0) is 61.4 Å². The van der Waals surface area contributed by atoms with Crippen LogP contribution in [0.5, 0.6) is 0 Å². The third kappa shape index (κ3) is 5.90. The van der Waals surface area contributed by atoms with Crippen molar-refractivity contribution in [3.05, 3.63) is 101 Å². The number of nitrogens with one attached hydrogen (secondary N) is 2. The predicted molar refractivity (Wildman–Crippen MR) is 162 cm³/mol. The molecule has 1 aliphatic rings. The van der Waals surface area contributed by atoms with Gasteiger partial charge in [0.15, 0.2) is 0 Å². The second-order valence-electron chi connectivity index (χ2n) is 11.0. The van der Waals surface area contributed by atoms with E-state index < -0.39 is 40.8 Å². The molecule has 1 amide bonds. The normalized spacial score (nSPS) is 15.4. The number of carbonyl (C=O) groups excluding carboxylic acids is 2. The molecule has 2 aromatic carbocycles. The van der Waals surface area contributed by atoms with Gasteiger partial charge in [0.1, 0.15) is 23.1 Å². The van der Waals surface area contributed by atoms with Gasteiger partial charge in [-0.25, -0.2) is 13.8 Å². The van der Waals surface area contributed by atoms with Crippen LogP contribution in [0.4, 0.5) is 27.6 Å². The van der Waals surface area contributed by atoms with Crippen LogP contribution in [0.1, 0.15) is 33.9 Å². The van der Waals surface area contributed by atoms with Crippen LogP contribution in [0.15, 0.2) is 66.9 Å². The van der Waals surface area contributed by atoms with Gasteiger partial charge in [0, 0.05) is 49.6 Å². The number of alkyl halides is 3. The lowest BCUT2D eigenvalue weighted by Crippen LogP contribution is -2.29. The van der Waals surface area contributed by atoms with Crippen molar-refractivity contribution in [2.45, 2.75) is 25.6 Å². The minimum atomic E-state index is -4.69. The van der Waals surface area contributed by atoms with Crippen LogP contribution in [-0.4, -0.2) is 51.4 Å². The summed E-state index contributed by atoms with van der Waals surface area (Å²) < 4.78 is 81.0. The molecular formula is C33H28F5N5O3. The quantitative estimate of drug-likeness (QED) is 0.120. The standard InChI is InChI=1S/C33H28F5N5O3/c1-18-40-26-15-22(23(33(36,37)38)16-29(26)42(18)2)21-5-4-11-43-27(21)7-8-28(43)32(45)19-13-24(34)31(25(35)14-19)41-30(44)6-3-10-39-20-9-12-46-17-20/h3-8,11,13-16,20,39H,9-10,12,17H2,1-2H3,(H,41,44)/b6-3+/t20-/m1/s1. The molecule has 46 heavy (non-hydrogen) atoms. The molecule has 3 aromatic heterocycles. The number of ether oxygens (including phenoxy) is 1. The Bertz CT molecular complexity index is 2000. The number of amides is 1. The summed E-state index contributed by atoms with van der Waals surface area (Å²) >= 11 is 0. The molecule has 0 bridgehead atoms. The second-order valence-corrected chi connectivity index (χ2v) is 11.0. The van der Waals surface area contributed by atoms with Crippen molar-refractivity contribution in [1.82, 2.24) is 19.3 Å². The minimum Gasteiger partial charge on any atom is -0.380 e. The number of nitrogens with zero attached hydrogens (tertiary/aromatic N) is 3. The summed E-state index contributed by atoms with van der Waals surface area (Å²) in [5.74, 6) is -3.33.